The number of rotatable bonds is 12. The first-order valence-electron chi connectivity index (χ1n) is 11.0. The van der Waals surface area contributed by atoms with Crippen molar-refractivity contribution in [3.63, 3.8) is 0 Å². The van der Waals surface area contributed by atoms with E-state index in [-0.39, 0.29) is 23.5 Å². The molecule has 7 nitrogen and oxygen atoms in total. The molecule has 0 aromatic rings. The molecule has 0 spiro atoms. The number of amides is 2. The van der Waals surface area contributed by atoms with Gasteiger partial charge in [-0.3, -0.25) is 0 Å². The molecule has 0 bridgehead atoms. The highest BCUT2D eigenvalue weighted by molar-refractivity contribution is 5.67. The number of ether oxygens (including phenoxy) is 3. The fourth-order valence-electron chi connectivity index (χ4n) is 4.60. The average molecular weight is 415 g/mol. The van der Waals surface area contributed by atoms with Gasteiger partial charge in [-0.1, -0.05) is 53.9 Å². The minimum absolute atomic E-state index is 0.000135. The molecule has 29 heavy (non-hydrogen) atoms. The number of alkyl carbamates (subject to hydrolysis) is 1. The monoisotopic (exact) mass is 414 g/mol. The Hall–Kier alpha value is -1.50. The fourth-order valence-corrected chi connectivity index (χ4v) is 4.60. The van der Waals surface area contributed by atoms with Crippen molar-refractivity contribution in [3.8, 4) is 0 Å². The third kappa shape index (κ3) is 10.7. The Morgan fingerprint density at radius 2 is 1.90 bits per heavy atom. The molecule has 1 fully saturated rings. The van der Waals surface area contributed by atoms with E-state index in [2.05, 4.69) is 39.9 Å². The van der Waals surface area contributed by atoms with Gasteiger partial charge in [0, 0.05) is 13.2 Å². The van der Waals surface area contributed by atoms with E-state index in [4.69, 9.17) is 19.9 Å². The second-order valence-electron chi connectivity index (χ2n) is 9.60. The molecule has 1 aliphatic rings. The van der Waals surface area contributed by atoms with Gasteiger partial charge in [0.1, 0.15) is 12.7 Å². The molecule has 0 aromatic heterocycles. The van der Waals surface area contributed by atoms with Crippen LogP contribution in [0.25, 0.3) is 0 Å². The van der Waals surface area contributed by atoms with Gasteiger partial charge in [-0.25, -0.2) is 9.59 Å². The van der Waals surface area contributed by atoms with Crippen molar-refractivity contribution in [2.24, 2.45) is 22.5 Å². The summed E-state index contributed by atoms with van der Waals surface area (Å²) in [7, 11) is 0. The summed E-state index contributed by atoms with van der Waals surface area (Å²) in [4.78, 5) is 23.2. The summed E-state index contributed by atoms with van der Waals surface area (Å²) in [5, 5.41) is 2.85. The van der Waals surface area contributed by atoms with Crippen LogP contribution in [0.5, 0.6) is 0 Å². The normalized spacial score (nSPS) is 24.5. The van der Waals surface area contributed by atoms with Gasteiger partial charge in [-0.05, 0) is 42.4 Å². The van der Waals surface area contributed by atoms with Crippen LogP contribution < -0.4 is 11.1 Å². The highest BCUT2D eigenvalue weighted by Gasteiger charge is 2.42. The van der Waals surface area contributed by atoms with Gasteiger partial charge < -0.3 is 25.3 Å². The van der Waals surface area contributed by atoms with Crippen molar-refractivity contribution in [2.45, 2.75) is 85.7 Å². The van der Waals surface area contributed by atoms with Gasteiger partial charge >= 0.3 is 12.2 Å². The van der Waals surface area contributed by atoms with Crippen LogP contribution in [-0.4, -0.2) is 44.7 Å². The lowest BCUT2D eigenvalue weighted by atomic mass is 9.63. The first-order chi connectivity index (χ1) is 13.6. The van der Waals surface area contributed by atoms with E-state index >= 15 is 0 Å². The molecule has 1 saturated carbocycles. The highest BCUT2D eigenvalue weighted by Crippen LogP contribution is 2.46. The Labute approximate surface area is 176 Å². The van der Waals surface area contributed by atoms with Crippen LogP contribution >= 0.6 is 0 Å². The molecule has 3 atom stereocenters. The highest BCUT2D eigenvalue weighted by atomic mass is 16.6. The molecule has 1 rings (SSSR count). The van der Waals surface area contributed by atoms with Gasteiger partial charge in [0.15, 0.2) is 0 Å². The number of unbranched alkanes of at least 4 members (excludes halogenated alkanes) is 1. The molecule has 0 aliphatic heterocycles. The SMILES string of the molecule is CCCCC(CC)COCCOC(=O)NCC1(C)CC(OC(N)=O)CC(C)(C)C1. The Bertz CT molecular complexity index is 511. The first-order valence-corrected chi connectivity index (χ1v) is 11.0. The fraction of sp³-hybridized carbons (Fsp3) is 0.909. The summed E-state index contributed by atoms with van der Waals surface area (Å²) in [5.74, 6) is 0.578. The second-order valence-corrected chi connectivity index (χ2v) is 9.60. The molecule has 170 valence electrons. The van der Waals surface area contributed by atoms with E-state index in [0.29, 0.717) is 25.5 Å². The predicted molar refractivity (Wildman–Crippen MR) is 114 cm³/mol. The Kier molecular flexibility index (Phi) is 10.8. The van der Waals surface area contributed by atoms with Crippen LogP contribution in [-0.2, 0) is 14.2 Å². The molecule has 0 heterocycles. The molecular formula is C22H42N2O5. The summed E-state index contributed by atoms with van der Waals surface area (Å²) in [5.41, 5.74) is 5.00. The van der Waals surface area contributed by atoms with Gasteiger partial charge in [-0.2, -0.15) is 0 Å². The molecule has 0 aromatic carbocycles. The topological polar surface area (TPSA) is 99.9 Å². The van der Waals surface area contributed by atoms with E-state index in [0.717, 1.165) is 25.9 Å². The van der Waals surface area contributed by atoms with Crippen molar-refractivity contribution >= 4 is 12.2 Å². The number of nitrogens with two attached hydrogens (primary N) is 1. The van der Waals surface area contributed by atoms with Crippen LogP contribution in [0, 0.1) is 16.7 Å². The number of hydrogen-bond acceptors (Lipinski definition) is 5. The zero-order valence-corrected chi connectivity index (χ0v) is 19.1. The van der Waals surface area contributed by atoms with Crippen molar-refractivity contribution in [2.75, 3.05) is 26.4 Å². The zero-order chi connectivity index (χ0) is 21.9. The predicted octanol–water partition coefficient (Wildman–Crippen LogP) is 4.63. The van der Waals surface area contributed by atoms with E-state index in [1.165, 1.54) is 19.3 Å². The minimum atomic E-state index is -0.748. The van der Waals surface area contributed by atoms with E-state index in [1.54, 1.807) is 0 Å². The summed E-state index contributed by atoms with van der Waals surface area (Å²) >= 11 is 0. The van der Waals surface area contributed by atoms with Crippen LogP contribution in [0.3, 0.4) is 0 Å². The Morgan fingerprint density at radius 3 is 2.52 bits per heavy atom. The molecule has 2 amide bonds. The maximum absolute atomic E-state index is 12.0. The van der Waals surface area contributed by atoms with Gasteiger partial charge in [0.2, 0.25) is 0 Å². The maximum Gasteiger partial charge on any atom is 0.407 e. The van der Waals surface area contributed by atoms with E-state index < -0.39 is 12.2 Å². The van der Waals surface area contributed by atoms with Crippen LogP contribution in [0.2, 0.25) is 0 Å². The van der Waals surface area contributed by atoms with Gasteiger partial charge in [-0.15, -0.1) is 0 Å². The quantitative estimate of drug-likeness (QED) is 0.454. The third-order valence-corrected chi connectivity index (χ3v) is 5.71. The summed E-state index contributed by atoms with van der Waals surface area (Å²) in [6, 6.07) is 0. The van der Waals surface area contributed by atoms with Gasteiger partial charge in [0.05, 0.1) is 6.61 Å². The summed E-state index contributed by atoms with van der Waals surface area (Å²) in [6.07, 6.45) is 5.65. The molecule has 0 saturated heterocycles. The Morgan fingerprint density at radius 1 is 1.17 bits per heavy atom. The van der Waals surface area contributed by atoms with Gasteiger partial charge in [0.25, 0.3) is 0 Å². The lowest BCUT2D eigenvalue weighted by Crippen LogP contribution is -2.46. The molecule has 3 N–H and O–H groups in total. The number of carbonyl (C=O) groups excluding carboxylic acids is 2. The van der Waals surface area contributed by atoms with Crippen molar-refractivity contribution in [1.29, 1.82) is 0 Å². The Balaban J connectivity index is 2.31. The molecular weight excluding hydrogens is 372 g/mol. The number of hydrogen-bond donors (Lipinski definition) is 2. The summed E-state index contributed by atoms with van der Waals surface area (Å²) < 4.78 is 16.2. The summed E-state index contributed by atoms with van der Waals surface area (Å²) in [6.45, 7) is 12.6. The number of carbonyl (C=O) groups is 2. The van der Waals surface area contributed by atoms with Crippen molar-refractivity contribution in [1.82, 2.24) is 5.32 Å². The lowest BCUT2D eigenvalue weighted by molar-refractivity contribution is -0.0172. The average Bonchev–Trinajstić information content (AvgIpc) is 2.60. The molecule has 1 aliphatic carbocycles. The van der Waals surface area contributed by atoms with Crippen LogP contribution in [0.4, 0.5) is 9.59 Å². The van der Waals surface area contributed by atoms with Crippen LogP contribution in [0.1, 0.15) is 79.6 Å². The largest absolute Gasteiger partial charge is 0.447 e. The first kappa shape index (κ1) is 25.5. The second kappa shape index (κ2) is 12.3. The van der Waals surface area contributed by atoms with Crippen molar-refractivity contribution in [3.05, 3.63) is 0 Å². The molecule has 3 unspecified atom stereocenters. The maximum atomic E-state index is 12.0. The van der Waals surface area contributed by atoms with Crippen molar-refractivity contribution < 1.29 is 23.8 Å². The third-order valence-electron chi connectivity index (χ3n) is 5.71. The number of primary amides is 1. The molecule has 0 radical (unpaired) electrons. The smallest absolute Gasteiger partial charge is 0.407 e. The zero-order valence-electron chi connectivity index (χ0n) is 19.1. The minimum Gasteiger partial charge on any atom is -0.447 e. The standard InChI is InChI=1S/C22H42N2O5/c1-6-8-9-17(7-2)14-27-10-11-28-20(26)24-16-22(5)13-18(29-19(23)25)12-21(3,4)15-22/h17-18H,6-16H2,1-5H3,(H2,23,25)(H,24,26). The van der Waals surface area contributed by atoms with E-state index in [9.17, 15) is 9.59 Å². The van der Waals surface area contributed by atoms with E-state index in [1.807, 2.05) is 0 Å². The molecule has 7 heteroatoms. The lowest BCUT2D eigenvalue weighted by Gasteiger charge is -2.45. The van der Waals surface area contributed by atoms with Crippen LogP contribution in [0.15, 0.2) is 0 Å². The number of nitrogens with one attached hydrogen (secondary N) is 1.